The number of carbonyl (C=O) groups excluding carboxylic acids is 1. The van der Waals surface area contributed by atoms with Crippen LogP contribution in [0.25, 0.3) is 11.3 Å². The van der Waals surface area contributed by atoms with Crippen LogP contribution in [-0.4, -0.2) is 15.7 Å². The number of halogens is 3. The van der Waals surface area contributed by atoms with Gasteiger partial charge in [0.1, 0.15) is 23.1 Å². The van der Waals surface area contributed by atoms with Gasteiger partial charge in [-0.05, 0) is 42.8 Å². The van der Waals surface area contributed by atoms with E-state index in [0.717, 1.165) is 26.6 Å². The summed E-state index contributed by atoms with van der Waals surface area (Å²) in [7, 11) is 1.81. The molecule has 0 bridgehead atoms. The molecule has 0 atom stereocenters. The standard InChI is InChI=1S/C25H19Cl2FN2O2S/c1-15-8-10-18(28)13-22(15)33-24-20(23(29-30(24)2)16-6-4-3-5-7-16)14-32-25(31)19-11-9-17(26)12-21(19)27/h3-13H,14H2,1-2H3. The van der Waals surface area contributed by atoms with Gasteiger partial charge < -0.3 is 4.74 Å². The monoisotopic (exact) mass is 500 g/mol. The molecule has 0 fully saturated rings. The van der Waals surface area contributed by atoms with Crippen molar-refractivity contribution in [2.24, 2.45) is 7.05 Å². The van der Waals surface area contributed by atoms with Gasteiger partial charge >= 0.3 is 5.97 Å². The van der Waals surface area contributed by atoms with Crippen LogP contribution in [0.1, 0.15) is 21.5 Å². The quantitative estimate of drug-likeness (QED) is 0.259. The summed E-state index contributed by atoms with van der Waals surface area (Å²) in [5, 5.41) is 6.07. The topological polar surface area (TPSA) is 44.1 Å². The molecule has 8 heteroatoms. The predicted octanol–water partition coefficient (Wildman–Crippen LogP) is 7.35. The summed E-state index contributed by atoms with van der Waals surface area (Å²) < 4.78 is 21.3. The number of benzene rings is 3. The van der Waals surface area contributed by atoms with Gasteiger partial charge in [0.2, 0.25) is 0 Å². The number of rotatable bonds is 6. The molecule has 168 valence electrons. The molecule has 0 aliphatic carbocycles. The van der Waals surface area contributed by atoms with Crippen LogP contribution in [0.15, 0.2) is 76.7 Å². The van der Waals surface area contributed by atoms with E-state index >= 15 is 0 Å². The molecular formula is C25H19Cl2FN2O2S. The number of nitrogens with zero attached hydrogens (tertiary/aromatic N) is 2. The van der Waals surface area contributed by atoms with E-state index in [2.05, 4.69) is 5.10 Å². The summed E-state index contributed by atoms with van der Waals surface area (Å²) in [4.78, 5) is 13.5. The van der Waals surface area contributed by atoms with Crippen molar-refractivity contribution in [2.45, 2.75) is 23.5 Å². The van der Waals surface area contributed by atoms with Crippen LogP contribution >= 0.6 is 35.0 Å². The molecule has 1 heterocycles. The van der Waals surface area contributed by atoms with Gasteiger partial charge in [-0.2, -0.15) is 5.10 Å². The Labute approximate surface area is 205 Å². The first-order chi connectivity index (χ1) is 15.8. The highest BCUT2D eigenvalue weighted by Gasteiger charge is 2.22. The average molecular weight is 501 g/mol. The minimum absolute atomic E-state index is 0.0352. The predicted molar refractivity (Wildman–Crippen MR) is 129 cm³/mol. The second-order valence-electron chi connectivity index (χ2n) is 7.33. The molecule has 0 saturated carbocycles. The highest BCUT2D eigenvalue weighted by molar-refractivity contribution is 7.99. The Hall–Kier alpha value is -2.80. The van der Waals surface area contributed by atoms with Gasteiger partial charge in [-0.25, -0.2) is 9.18 Å². The van der Waals surface area contributed by atoms with E-state index in [-0.39, 0.29) is 23.0 Å². The fourth-order valence-electron chi connectivity index (χ4n) is 3.30. The molecule has 0 aliphatic heterocycles. The molecule has 0 spiro atoms. The van der Waals surface area contributed by atoms with E-state index in [1.807, 2.05) is 44.3 Å². The van der Waals surface area contributed by atoms with Crippen LogP contribution in [-0.2, 0) is 18.4 Å². The van der Waals surface area contributed by atoms with Gasteiger partial charge in [0.25, 0.3) is 0 Å². The lowest BCUT2D eigenvalue weighted by Crippen LogP contribution is -2.07. The Morgan fingerprint density at radius 2 is 1.85 bits per heavy atom. The smallest absolute Gasteiger partial charge is 0.339 e. The molecule has 4 nitrogen and oxygen atoms in total. The largest absolute Gasteiger partial charge is 0.457 e. The van der Waals surface area contributed by atoms with Crippen LogP contribution in [0.5, 0.6) is 0 Å². The van der Waals surface area contributed by atoms with E-state index in [9.17, 15) is 9.18 Å². The minimum Gasteiger partial charge on any atom is -0.457 e. The van der Waals surface area contributed by atoms with Gasteiger partial charge in [0, 0.05) is 28.1 Å². The SMILES string of the molecule is Cc1ccc(F)cc1Sc1c(COC(=O)c2ccc(Cl)cc2Cl)c(-c2ccccc2)nn1C. The van der Waals surface area contributed by atoms with Crippen LogP contribution in [0.4, 0.5) is 4.39 Å². The number of aromatic nitrogens is 2. The van der Waals surface area contributed by atoms with Gasteiger partial charge in [-0.15, -0.1) is 0 Å². The van der Waals surface area contributed by atoms with Gasteiger partial charge in [0.15, 0.2) is 0 Å². The molecule has 0 saturated heterocycles. The number of hydrogen-bond acceptors (Lipinski definition) is 4. The lowest BCUT2D eigenvalue weighted by Gasteiger charge is -2.11. The molecule has 0 radical (unpaired) electrons. The Morgan fingerprint density at radius 3 is 2.58 bits per heavy atom. The van der Waals surface area contributed by atoms with Crippen molar-refractivity contribution < 1.29 is 13.9 Å². The van der Waals surface area contributed by atoms with Crippen LogP contribution in [0.2, 0.25) is 10.0 Å². The Bertz CT molecular complexity index is 1330. The maximum Gasteiger partial charge on any atom is 0.339 e. The normalized spacial score (nSPS) is 10.9. The molecule has 0 unspecified atom stereocenters. The number of carbonyl (C=O) groups is 1. The number of ether oxygens (including phenoxy) is 1. The number of hydrogen-bond donors (Lipinski definition) is 0. The summed E-state index contributed by atoms with van der Waals surface area (Å²) in [5.74, 6) is -0.892. The maximum atomic E-state index is 13.9. The van der Waals surface area contributed by atoms with Crippen molar-refractivity contribution in [1.29, 1.82) is 0 Å². The van der Waals surface area contributed by atoms with E-state index < -0.39 is 5.97 Å². The van der Waals surface area contributed by atoms with Crippen LogP contribution < -0.4 is 0 Å². The van der Waals surface area contributed by atoms with Gasteiger partial charge in [-0.3, -0.25) is 4.68 Å². The zero-order chi connectivity index (χ0) is 23.5. The number of esters is 1. The summed E-state index contributed by atoms with van der Waals surface area (Å²) in [6.07, 6.45) is 0. The molecule has 4 rings (SSSR count). The zero-order valence-corrected chi connectivity index (χ0v) is 20.1. The molecular weight excluding hydrogens is 482 g/mol. The third-order valence-corrected chi connectivity index (χ3v) is 6.90. The summed E-state index contributed by atoms with van der Waals surface area (Å²) in [6.45, 7) is 1.88. The fraction of sp³-hybridized carbons (Fsp3) is 0.120. The highest BCUT2D eigenvalue weighted by Crippen LogP contribution is 2.37. The third kappa shape index (κ3) is 5.24. The second kappa shape index (κ2) is 10.00. The minimum atomic E-state index is -0.572. The first-order valence-electron chi connectivity index (χ1n) is 10.0. The van der Waals surface area contributed by atoms with Gasteiger partial charge in [-0.1, -0.05) is 71.4 Å². The molecule has 4 aromatic rings. The second-order valence-corrected chi connectivity index (χ2v) is 9.21. The molecule has 0 aliphatic rings. The van der Waals surface area contributed by atoms with Gasteiger partial charge in [0.05, 0.1) is 10.6 Å². The Balaban J connectivity index is 1.71. The Kier molecular flexibility index (Phi) is 7.08. The van der Waals surface area contributed by atoms with E-state index in [1.165, 1.54) is 36.0 Å². The lowest BCUT2D eigenvalue weighted by molar-refractivity contribution is 0.0470. The fourth-order valence-corrected chi connectivity index (χ4v) is 4.84. The van der Waals surface area contributed by atoms with Crippen molar-refractivity contribution in [3.8, 4) is 11.3 Å². The highest BCUT2D eigenvalue weighted by atomic mass is 35.5. The first-order valence-corrected chi connectivity index (χ1v) is 11.6. The molecule has 3 aromatic carbocycles. The Morgan fingerprint density at radius 1 is 1.09 bits per heavy atom. The van der Waals surface area contributed by atoms with Crippen molar-refractivity contribution in [1.82, 2.24) is 9.78 Å². The van der Waals surface area contributed by atoms with Crippen molar-refractivity contribution in [3.63, 3.8) is 0 Å². The first kappa shape index (κ1) is 23.4. The summed E-state index contributed by atoms with van der Waals surface area (Å²) in [5.41, 5.74) is 3.44. The zero-order valence-electron chi connectivity index (χ0n) is 17.8. The van der Waals surface area contributed by atoms with E-state index in [1.54, 1.807) is 16.8 Å². The molecule has 0 N–H and O–H groups in total. The van der Waals surface area contributed by atoms with Crippen LogP contribution in [0, 0.1) is 12.7 Å². The molecule has 0 amide bonds. The molecule has 33 heavy (non-hydrogen) atoms. The third-order valence-electron chi connectivity index (χ3n) is 4.99. The molecule has 1 aromatic heterocycles. The number of aryl methyl sites for hydroxylation is 2. The summed E-state index contributed by atoms with van der Waals surface area (Å²) in [6, 6.07) is 18.9. The van der Waals surface area contributed by atoms with Crippen molar-refractivity contribution >= 4 is 40.9 Å². The van der Waals surface area contributed by atoms with E-state index in [4.69, 9.17) is 27.9 Å². The van der Waals surface area contributed by atoms with Crippen molar-refractivity contribution in [3.05, 3.63) is 99.3 Å². The summed E-state index contributed by atoms with van der Waals surface area (Å²) >= 11 is 13.5. The van der Waals surface area contributed by atoms with Crippen LogP contribution in [0.3, 0.4) is 0 Å². The average Bonchev–Trinajstić information content (AvgIpc) is 3.10. The van der Waals surface area contributed by atoms with E-state index in [0.29, 0.717) is 10.7 Å². The maximum absolute atomic E-state index is 13.9. The van der Waals surface area contributed by atoms with Crippen molar-refractivity contribution in [2.75, 3.05) is 0 Å². The lowest BCUT2D eigenvalue weighted by atomic mass is 10.1.